The van der Waals surface area contributed by atoms with E-state index in [1.807, 2.05) is 0 Å². The van der Waals surface area contributed by atoms with Gasteiger partial charge in [-0.2, -0.15) is 0 Å². The van der Waals surface area contributed by atoms with E-state index >= 15 is 0 Å². The number of fused-ring (bicyclic) bond motifs is 5. The van der Waals surface area contributed by atoms with Crippen molar-refractivity contribution in [2.24, 2.45) is 52.3 Å². The molecule has 5 heteroatoms. The van der Waals surface area contributed by atoms with E-state index in [2.05, 4.69) is 39.9 Å². The normalized spacial score (nSPS) is 42.2. The maximum atomic E-state index is 10.4. The molecule has 4 fully saturated rings. The predicted octanol–water partition coefficient (Wildman–Crippen LogP) is 5.53. The maximum Gasteiger partial charge on any atom is 0.103 e. The van der Waals surface area contributed by atoms with Crippen molar-refractivity contribution in [1.82, 2.24) is 5.32 Å². The van der Waals surface area contributed by atoms with Gasteiger partial charge in [0.2, 0.25) is 0 Å². The fourth-order valence-electron chi connectivity index (χ4n) is 10.4. The molecule has 222 valence electrons. The highest BCUT2D eigenvalue weighted by molar-refractivity contribution is 5.10. The van der Waals surface area contributed by atoms with Crippen LogP contribution in [0.4, 0.5) is 0 Å². The molecular weight excluding hydrogens is 474 g/mol. The number of rotatable bonds is 12. The van der Waals surface area contributed by atoms with Gasteiger partial charge in [0.1, 0.15) is 6.10 Å². The average Bonchev–Trinajstić information content (AvgIpc) is 3.23. The van der Waals surface area contributed by atoms with E-state index < -0.39 is 24.9 Å². The zero-order chi connectivity index (χ0) is 27.7. The third-order valence-electron chi connectivity index (χ3n) is 12.7. The summed E-state index contributed by atoms with van der Waals surface area (Å²) in [5, 5.41) is 42.4. The summed E-state index contributed by atoms with van der Waals surface area (Å²) in [6.07, 6.45) is 13.5. The largest absolute Gasteiger partial charge is 0.394 e. The fraction of sp³-hybridized carbons (Fsp3) is 1.00. The van der Waals surface area contributed by atoms with E-state index in [9.17, 15) is 15.3 Å². The summed E-state index contributed by atoms with van der Waals surface area (Å²) in [5.74, 6) is 6.14. The molecule has 0 radical (unpaired) electrons. The lowest BCUT2D eigenvalue weighted by Gasteiger charge is -2.61. The average molecular weight is 536 g/mol. The van der Waals surface area contributed by atoms with Crippen LogP contribution in [0.1, 0.15) is 118 Å². The van der Waals surface area contributed by atoms with Crippen molar-refractivity contribution in [2.75, 3.05) is 13.2 Å². The maximum absolute atomic E-state index is 10.4. The summed E-state index contributed by atoms with van der Waals surface area (Å²) in [6, 6.07) is 0.426. The molecule has 4 aliphatic carbocycles. The number of hydrogen-bond acceptors (Lipinski definition) is 5. The minimum atomic E-state index is -1.18. The minimum absolute atomic E-state index is 0.0871. The lowest BCUT2D eigenvalue weighted by molar-refractivity contribution is -0.118. The van der Waals surface area contributed by atoms with E-state index in [-0.39, 0.29) is 6.42 Å². The third kappa shape index (κ3) is 6.32. The fourth-order valence-corrected chi connectivity index (χ4v) is 10.4. The second kappa shape index (κ2) is 12.8. The van der Waals surface area contributed by atoms with Crippen molar-refractivity contribution in [3.63, 3.8) is 0 Å². The Labute approximate surface area is 233 Å². The molecular formula is C33H61NO4. The topological polar surface area (TPSA) is 93.0 Å². The van der Waals surface area contributed by atoms with Crippen LogP contribution >= 0.6 is 0 Å². The van der Waals surface area contributed by atoms with E-state index in [0.717, 1.165) is 41.4 Å². The highest BCUT2D eigenvalue weighted by Crippen LogP contribution is 2.68. The zero-order valence-electron chi connectivity index (χ0n) is 25.2. The second-order valence-electron chi connectivity index (χ2n) is 15.3. The van der Waals surface area contributed by atoms with Crippen LogP contribution in [0.2, 0.25) is 0 Å². The first-order chi connectivity index (χ1) is 18.0. The lowest BCUT2D eigenvalue weighted by atomic mass is 9.44. The van der Waals surface area contributed by atoms with Crippen LogP contribution in [0.15, 0.2) is 0 Å². The molecule has 38 heavy (non-hydrogen) atoms. The SMILES string of the molecule is CC(C)CCC[C@@H](C)C1CCC2C3CCC4CC(NCC(O)CC(O)C(O)CO)CCC4(C)C3CCC21C. The standard InChI is InChI=1S/C33H61NO4/c1-21(2)7-6-8-22(3)27-11-12-28-26-10-9-23-17-24(34-19-25(36)18-30(37)31(38)20-35)13-15-32(23,4)29(26)14-16-33(27,28)5/h21-31,34-38H,6-20H2,1-5H3/t22-,23?,24?,25?,26?,27?,28?,29?,30?,31?,32?,33?/m1/s1. The van der Waals surface area contributed by atoms with Crippen molar-refractivity contribution in [3.8, 4) is 0 Å². The first-order valence-corrected chi connectivity index (χ1v) is 16.4. The monoisotopic (exact) mass is 535 g/mol. The Hall–Kier alpha value is -0.200. The Morgan fingerprint density at radius 2 is 1.53 bits per heavy atom. The van der Waals surface area contributed by atoms with Gasteiger partial charge in [-0.3, -0.25) is 0 Å². The zero-order valence-corrected chi connectivity index (χ0v) is 25.2. The van der Waals surface area contributed by atoms with Gasteiger partial charge < -0.3 is 25.7 Å². The Kier molecular flexibility index (Phi) is 10.3. The summed E-state index contributed by atoms with van der Waals surface area (Å²) in [5.41, 5.74) is 1.02. The summed E-state index contributed by atoms with van der Waals surface area (Å²) in [6.45, 7) is 12.6. The summed E-state index contributed by atoms with van der Waals surface area (Å²) < 4.78 is 0. The molecule has 0 spiro atoms. The molecule has 4 rings (SSSR count). The number of aliphatic hydroxyl groups is 4. The molecule has 0 aromatic rings. The Bertz CT molecular complexity index is 747. The van der Waals surface area contributed by atoms with Gasteiger partial charge in [-0.05, 0) is 110 Å². The van der Waals surface area contributed by atoms with Crippen molar-refractivity contribution >= 4 is 0 Å². The molecule has 11 unspecified atom stereocenters. The van der Waals surface area contributed by atoms with Crippen molar-refractivity contribution in [2.45, 2.75) is 142 Å². The number of hydrogen-bond donors (Lipinski definition) is 5. The van der Waals surface area contributed by atoms with Crippen LogP contribution < -0.4 is 5.32 Å². The van der Waals surface area contributed by atoms with E-state index in [0.29, 0.717) is 23.4 Å². The molecule has 0 aliphatic heterocycles. The van der Waals surface area contributed by atoms with Gasteiger partial charge in [0.15, 0.2) is 0 Å². The molecule has 0 aromatic carbocycles. The highest BCUT2D eigenvalue weighted by atomic mass is 16.4. The van der Waals surface area contributed by atoms with Gasteiger partial charge >= 0.3 is 0 Å². The predicted molar refractivity (Wildman–Crippen MR) is 155 cm³/mol. The first-order valence-electron chi connectivity index (χ1n) is 16.4. The van der Waals surface area contributed by atoms with Gasteiger partial charge in [0.05, 0.1) is 18.8 Å². The van der Waals surface area contributed by atoms with Crippen LogP contribution in [0.3, 0.4) is 0 Å². The minimum Gasteiger partial charge on any atom is -0.394 e. The molecule has 0 aromatic heterocycles. The Balaban J connectivity index is 1.31. The van der Waals surface area contributed by atoms with Gasteiger partial charge in [-0.25, -0.2) is 0 Å². The molecule has 0 amide bonds. The second-order valence-corrected chi connectivity index (χ2v) is 15.3. The Morgan fingerprint density at radius 3 is 2.24 bits per heavy atom. The van der Waals surface area contributed by atoms with Gasteiger partial charge in [0, 0.05) is 19.0 Å². The van der Waals surface area contributed by atoms with Crippen LogP contribution in [0.25, 0.3) is 0 Å². The molecule has 5 nitrogen and oxygen atoms in total. The van der Waals surface area contributed by atoms with Gasteiger partial charge in [-0.15, -0.1) is 0 Å². The lowest BCUT2D eigenvalue weighted by Crippen LogP contribution is -2.55. The quantitative estimate of drug-likeness (QED) is 0.227. The number of aliphatic hydroxyl groups excluding tert-OH is 4. The molecule has 12 atom stereocenters. The molecule has 0 bridgehead atoms. The van der Waals surface area contributed by atoms with Crippen molar-refractivity contribution < 1.29 is 20.4 Å². The van der Waals surface area contributed by atoms with Crippen LogP contribution in [0, 0.1) is 52.3 Å². The molecule has 4 saturated carbocycles. The van der Waals surface area contributed by atoms with E-state index in [4.69, 9.17) is 5.11 Å². The highest BCUT2D eigenvalue weighted by Gasteiger charge is 2.60. The molecule has 0 heterocycles. The first kappa shape index (κ1) is 30.8. The third-order valence-corrected chi connectivity index (χ3v) is 12.7. The van der Waals surface area contributed by atoms with Crippen LogP contribution in [0.5, 0.6) is 0 Å². The molecule has 0 saturated heterocycles. The summed E-state index contributed by atoms with van der Waals surface area (Å²) in [4.78, 5) is 0. The smallest absolute Gasteiger partial charge is 0.103 e. The van der Waals surface area contributed by atoms with Gasteiger partial charge in [-0.1, -0.05) is 53.9 Å². The molecule has 5 N–H and O–H groups in total. The van der Waals surface area contributed by atoms with Gasteiger partial charge in [0.25, 0.3) is 0 Å². The van der Waals surface area contributed by atoms with E-state index in [1.54, 1.807) is 0 Å². The van der Waals surface area contributed by atoms with Crippen LogP contribution in [-0.4, -0.2) is 57.9 Å². The summed E-state index contributed by atoms with van der Waals surface area (Å²) in [7, 11) is 0. The van der Waals surface area contributed by atoms with Crippen molar-refractivity contribution in [1.29, 1.82) is 0 Å². The summed E-state index contributed by atoms with van der Waals surface area (Å²) >= 11 is 0. The van der Waals surface area contributed by atoms with Crippen LogP contribution in [-0.2, 0) is 0 Å². The Morgan fingerprint density at radius 1 is 0.816 bits per heavy atom. The van der Waals surface area contributed by atoms with Crippen molar-refractivity contribution in [3.05, 3.63) is 0 Å². The number of nitrogens with one attached hydrogen (secondary N) is 1. The molecule has 4 aliphatic rings. The van der Waals surface area contributed by atoms with E-state index in [1.165, 1.54) is 77.0 Å².